The topological polar surface area (TPSA) is 83.8 Å². The van der Waals surface area contributed by atoms with Gasteiger partial charge in [0.1, 0.15) is 11.5 Å². The van der Waals surface area contributed by atoms with E-state index in [4.69, 9.17) is 4.74 Å². The Hall–Kier alpha value is -2.82. The first-order valence-electron chi connectivity index (χ1n) is 9.79. The number of carboxylic acid groups (broad SMARTS) is 1. The number of carbonyl (C=O) groups is 2. The van der Waals surface area contributed by atoms with Gasteiger partial charge in [-0.25, -0.2) is 9.59 Å². The monoisotopic (exact) mass is 398 g/mol. The fourth-order valence-corrected chi connectivity index (χ4v) is 3.18. The minimum Gasteiger partial charge on any atom is -0.507 e. The van der Waals surface area contributed by atoms with Crippen LogP contribution >= 0.6 is 0 Å². The van der Waals surface area contributed by atoms with Crippen LogP contribution in [0.4, 0.5) is 0 Å². The van der Waals surface area contributed by atoms with Crippen molar-refractivity contribution >= 4 is 11.9 Å². The fraction of sp³-hybridized carbons (Fsp3) is 0.417. The van der Waals surface area contributed by atoms with E-state index in [0.717, 1.165) is 0 Å². The fourth-order valence-electron chi connectivity index (χ4n) is 3.18. The molecule has 2 aromatic rings. The molecule has 0 aliphatic carbocycles. The molecule has 0 aliphatic heterocycles. The van der Waals surface area contributed by atoms with Crippen LogP contribution in [0.15, 0.2) is 30.3 Å². The van der Waals surface area contributed by atoms with Gasteiger partial charge in [-0.3, -0.25) is 0 Å². The highest BCUT2D eigenvalue weighted by molar-refractivity contribution is 5.93. The van der Waals surface area contributed by atoms with Crippen LogP contribution in [0.5, 0.6) is 11.5 Å². The molecule has 0 saturated carbocycles. The third-order valence-corrected chi connectivity index (χ3v) is 4.89. The van der Waals surface area contributed by atoms with Crippen molar-refractivity contribution in [2.45, 2.75) is 65.7 Å². The van der Waals surface area contributed by atoms with Crippen molar-refractivity contribution < 1.29 is 24.5 Å². The summed E-state index contributed by atoms with van der Waals surface area (Å²) in [5, 5.41) is 19.8. The summed E-state index contributed by atoms with van der Waals surface area (Å²) in [5.74, 6) is -0.941. The maximum absolute atomic E-state index is 13.0. The molecular weight excluding hydrogens is 368 g/mol. The van der Waals surface area contributed by atoms with E-state index in [1.807, 2.05) is 48.5 Å². The van der Waals surface area contributed by atoms with Crippen molar-refractivity contribution in [1.29, 1.82) is 0 Å². The number of esters is 1. The quantitative estimate of drug-likeness (QED) is 0.487. The Morgan fingerprint density at radius 3 is 1.83 bits per heavy atom. The van der Waals surface area contributed by atoms with E-state index < -0.39 is 17.4 Å². The zero-order valence-electron chi connectivity index (χ0n) is 18.2. The van der Waals surface area contributed by atoms with Crippen LogP contribution in [0, 0.1) is 0 Å². The molecule has 0 spiro atoms. The summed E-state index contributed by atoms with van der Waals surface area (Å²) in [4.78, 5) is 24.3. The van der Waals surface area contributed by atoms with Crippen molar-refractivity contribution in [1.82, 2.24) is 0 Å². The molecule has 2 N–H and O–H groups in total. The maximum Gasteiger partial charge on any atom is 0.343 e. The number of carboxylic acids is 1. The molecule has 0 unspecified atom stereocenters. The first kappa shape index (κ1) is 22.5. The molecule has 2 rings (SSSR count). The predicted molar refractivity (Wildman–Crippen MR) is 113 cm³/mol. The number of phenolic OH excluding ortho intramolecular Hbond substituents is 1. The Kier molecular flexibility index (Phi) is 6.41. The summed E-state index contributed by atoms with van der Waals surface area (Å²) >= 11 is 0. The van der Waals surface area contributed by atoms with E-state index in [1.54, 1.807) is 18.2 Å². The van der Waals surface area contributed by atoms with Crippen LogP contribution < -0.4 is 4.74 Å². The highest BCUT2D eigenvalue weighted by atomic mass is 16.5. The van der Waals surface area contributed by atoms with Gasteiger partial charge >= 0.3 is 11.9 Å². The predicted octanol–water partition coefficient (Wildman–Crippen LogP) is 5.85. The lowest BCUT2D eigenvalue weighted by molar-refractivity contribution is 0.0696. The third-order valence-electron chi connectivity index (χ3n) is 4.89. The van der Waals surface area contributed by atoms with E-state index in [-0.39, 0.29) is 23.1 Å². The van der Waals surface area contributed by atoms with E-state index in [9.17, 15) is 19.8 Å². The number of benzene rings is 2. The molecule has 2 aromatic carbocycles. The first-order chi connectivity index (χ1) is 13.3. The summed E-state index contributed by atoms with van der Waals surface area (Å²) in [5.41, 5.74) is 2.11. The van der Waals surface area contributed by atoms with E-state index in [0.29, 0.717) is 28.0 Å². The minimum absolute atomic E-state index is 0.0419. The van der Waals surface area contributed by atoms with Crippen LogP contribution in [0.25, 0.3) is 0 Å². The number of hydrogen-bond acceptors (Lipinski definition) is 4. The van der Waals surface area contributed by atoms with Gasteiger partial charge < -0.3 is 14.9 Å². The molecular formula is C24H30O5. The van der Waals surface area contributed by atoms with Crippen LogP contribution in [0.1, 0.15) is 97.7 Å². The van der Waals surface area contributed by atoms with Gasteiger partial charge in [0, 0.05) is 5.56 Å². The van der Waals surface area contributed by atoms with Crippen molar-refractivity contribution in [3.63, 3.8) is 0 Å². The Morgan fingerprint density at radius 2 is 1.41 bits per heavy atom. The van der Waals surface area contributed by atoms with Crippen LogP contribution in [0.2, 0.25) is 0 Å². The molecule has 0 heterocycles. The summed E-state index contributed by atoms with van der Waals surface area (Å²) in [7, 11) is 0. The zero-order chi connectivity index (χ0) is 22.1. The molecule has 5 nitrogen and oxygen atoms in total. The molecule has 5 heteroatoms. The van der Waals surface area contributed by atoms with Gasteiger partial charge in [-0.1, -0.05) is 48.5 Å². The van der Waals surface area contributed by atoms with Crippen molar-refractivity contribution in [2.24, 2.45) is 0 Å². The second kappa shape index (κ2) is 8.27. The van der Waals surface area contributed by atoms with Gasteiger partial charge in [-0.05, 0) is 58.7 Å². The second-order valence-electron chi connectivity index (χ2n) is 8.97. The van der Waals surface area contributed by atoms with Gasteiger partial charge in [-0.2, -0.15) is 0 Å². The Labute approximate surface area is 172 Å². The van der Waals surface area contributed by atoms with Gasteiger partial charge in [0.15, 0.2) is 0 Å². The number of hydrogen-bond donors (Lipinski definition) is 2. The zero-order valence-corrected chi connectivity index (χ0v) is 18.2. The van der Waals surface area contributed by atoms with Gasteiger partial charge in [0.2, 0.25) is 0 Å². The molecule has 156 valence electrons. The summed E-state index contributed by atoms with van der Waals surface area (Å²) in [6.07, 6.45) is 0. The van der Waals surface area contributed by atoms with Gasteiger partial charge in [-0.15, -0.1) is 0 Å². The molecule has 0 bridgehead atoms. The van der Waals surface area contributed by atoms with Crippen molar-refractivity contribution in [2.75, 3.05) is 0 Å². The highest BCUT2D eigenvalue weighted by Crippen LogP contribution is 2.36. The lowest BCUT2D eigenvalue weighted by Crippen LogP contribution is -2.18. The summed E-state index contributed by atoms with van der Waals surface area (Å²) < 4.78 is 5.69. The number of aromatic carboxylic acids is 1. The highest BCUT2D eigenvalue weighted by Gasteiger charge is 2.24. The number of aromatic hydroxyl groups is 1. The third kappa shape index (κ3) is 4.97. The first-order valence-corrected chi connectivity index (χ1v) is 9.79. The Balaban J connectivity index is 2.51. The van der Waals surface area contributed by atoms with Crippen molar-refractivity contribution in [3.8, 4) is 11.5 Å². The SMILES string of the molecule is CC(C)c1cc(C(=O)Oc2ccc(C(=O)O)cc2C(C)(C)C)cc(C(C)C)c1O. The molecule has 0 aromatic heterocycles. The molecule has 29 heavy (non-hydrogen) atoms. The lowest BCUT2D eigenvalue weighted by atomic mass is 9.85. The molecule has 0 fully saturated rings. The second-order valence-corrected chi connectivity index (χ2v) is 8.97. The van der Waals surface area contributed by atoms with Crippen molar-refractivity contribution in [3.05, 3.63) is 58.1 Å². The molecule has 0 radical (unpaired) electrons. The number of ether oxygens (including phenoxy) is 1. The number of rotatable bonds is 5. The molecule has 0 amide bonds. The Bertz CT molecular complexity index is 904. The molecule has 0 aliphatic rings. The van der Waals surface area contributed by atoms with E-state index in [2.05, 4.69) is 0 Å². The minimum atomic E-state index is -1.03. The largest absolute Gasteiger partial charge is 0.507 e. The number of phenols is 1. The average molecular weight is 398 g/mol. The Morgan fingerprint density at radius 1 is 0.897 bits per heavy atom. The van der Waals surface area contributed by atoms with Gasteiger partial charge in [0.05, 0.1) is 11.1 Å². The molecule has 0 saturated heterocycles. The van der Waals surface area contributed by atoms with E-state index >= 15 is 0 Å². The maximum atomic E-state index is 13.0. The summed E-state index contributed by atoms with van der Waals surface area (Å²) in [6, 6.07) is 7.82. The molecule has 0 atom stereocenters. The normalized spacial score (nSPS) is 11.8. The average Bonchev–Trinajstić information content (AvgIpc) is 2.60. The smallest absolute Gasteiger partial charge is 0.343 e. The van der Waals surface area contributed by atoms with Crippen LogP contribution in [-0.4, -0.2) is 22.2 Å². The lowest BCUT2D eigenvalue weighted by Gasteiger charge is -2.23. The van der Waals surface area contributed by atoms with Crippen LogP contribution in [-0.2, 0) is 5.41 Å². The standard InChI is InChI=1S/C24H30O5/c1-13(2)17-10-16(11-18(14(3)4)21(17)25)23(28)29-20-9-8-15(22(26)27)12-19(20)24(5,6)7/h8-14,25H,1-7H3,(H,26,27). The van der Waals surface area contributed by atoms with Crippen LogP contribution in [0.3, 0.4) is 0 Å². The van der Waals surface area contributed by atoms with E-state index in [1.165, 1.54) is 12.1 Å². The summed E-state index contributed by atoms with van der Waals surface area (Å²) in [6.45, 7) is 13.6. The van der Waals surface area contributed by atoms with Gasteiger partial charge in [0.25, 0.3) is 0 Å². The number of carbonyl (C=O) groups excluding carboxylic acids is 1.